The number of ether oxygens (including phenoxy) is 1. The van der Waals surface area contributed by atoms with Gasteiger partial charge in [-0.15, -0.1) is 0 Å². The Morgan fingerprint density at radius 2 is 2.33 bits per heavy atom. The molecule has 0 aliphatic carbocycles. The van der Waals surface area contributed by atoms with E-state index in [0.29, 0.717) is 24.8 Å². The van der Waals surface area contributed by atoms with Gasteiger partial charge in [-0.05, 0) is 12.3 Å². The second-order valence-electron chi connectivity index (χ2n) is 4.17. The first-order valence-electron chi connectivity index (χ1n) is 6.02. The van der Waals surface area contributed by atoms with E-state index in [9.17, 15) is 4.79 Å². The Morgan fingerprint density at radius 3 is 3.00 bits per heavy atom. The fourth-order valence-corrected chi connectivity index (χ4v) is 1.36. The minimum atomic E-state index is -0.796. The van der Waals surface area contributed by atoms with Gasteiger partial charge < -0.3 is 15.2 Å². The van der Waals surface area contributed by atoms with Crippen molar-refractivity contribution in [1.82, 2.24) is 9.97 Å². The molecule has 0 saturated heterocycles. The number of carboxylic acids is 1. The highest BCUT2D eigenvalue weighted by molar-refractivity contribution is 5.67. The van der Waals surface area contributed by atoms with E-state index in [1.807, 2.05) is 13.8 Å². The average Bonchev–Trinajstić information content (AvgIpc) is 2.33. The predicted octanol–water partition coefficient (Wildman–Crippen LogP) is 1.79. The zero-order valence-corrected chi connectivity index (χ0v) is 10.7. The number of carboxylic acid groups (broad SMARTS) is 1. The summed E-state index contributed by atoms with van der Waals surface area (Å²) in [5, 5.41) is 11.7. The lowest BCUT2D eigenvalue weighted by atomic mass is 10.1. The van der Waals surface area contributed by atoms with Gasteiger partial charge in [0.05, 0.1) is 19.0 Å². The Hall–Kier alpha value is -1.85. The van der Waals surface area contributed by atoms with Gasteiger partial charge in [-0.1, -0.05) is 13.8 Å². The number of rotatable bonds is 8. The Labute approximate surface area is 106 Å². The van der Waals surface area contributed by atoms with Crippen molar-refractivity contribution in [2.24, 2.45) is 5.92 Å². The van der Waals surface area contributed by atoms with Crippen LogP contribution < -0.4 is 10.1 Å². The quantitative estimate of drug-likeness (QED) is 0.734. The molecule has 18 heavy (non-hydrogen) atoms. The maximum absolute atomic E-state index is 10.5. The number of nitrogens with zero attached hydrogens (tertiary/aromatic N) is 2. The normalized spacial score (nSPS) is 11.9. The highest BCUT2D eigenvalue weighted by Gasteiger charge is 2.08. The van der Waals surface area contributed by atoms with Gasteiger partial charge in [0.2, 0.25) is 5.88 Å². The van der Waals surface area contributed by atoms with Gasteiger partial charge in [-0.25, -0.2) is 0 Å². The standard InChI is InChI=1S/C12H19N3O3/c1-3-4-18-11-8-13-7-10(15-11)14-6-9(2)5-12(16)17/h7-9H,3-6H2,1-2H3,(H,14,15)(H,16,17). The van der Waals surface area contributed by atoms with Crippen LogP contribution in [0.4, 0.5) is 5.82 Å². The summed E-state index contributed by atoms with van der Waals surface area (Å²) in [6.07, 6.45) is 4.19. The van der Waals surface area contributed by atoms with Crippen molar-refractivity contribution in [2.75, 3.05) is 18.5 Å². The minimum absolute atomic E-state index is 0.0320. The largest absolute Gasteiger partial charge is 0.481 e. The maximum atomic E-state index is 10.5. The molecular formula is C12H19N3O3. The maximum Gasteiger partial charge on any atom is 0.303 e. The summed E-state index contributed by atoms with van der Waals surface area (Å²) in [6.45, 7) is 5.03. The Balaban J connectivity index is 2.44. The first-order chi connectivity index (χ1) is 8.61. The first kappa shape index (κ1) is 14.2. The van der Waals surface area contributed by atoms with Crippen molar-refractivity contribution >= 4 is 11.8 Å². The molecule has 2 N–H and O–H groups in total. The van der Waals surface area contributed by atoms with Crippen LogP contribution in [0, 0.1) is 5.92 Å². The summed E-state index contributed by atoms with van der Waals surface area (Å²) in [5.41, 5.74) is 0. The van der Waals surface area contributed by atoms with Crippen LogP contribution >= 0.6 is 0 Å². The fourth-order valence-electron chi connectivity index (χ4n) is 1.36. The molecule has 1 unspecified atom stereocenters. The third-order valence-corrected chi connectivity index (χ3v) is 2.22. The predicted molar refractivity (Wildman–Crippen MR) is 67.7 cm³/mol. The number of aliphatic carboxylic acids is 1. The van der Waals surface area contributed by atoms with E-state index in [1.54, 1.807) is 12.4 Å². The van der Waals surface area contributed by atoms with Crippen LogP contribution in [0.5, 0.6) is 5.88 Å². The summed E-state index contributed by atoms with van der Waals surface area (Å²) >= 11 is 0. The summed E-state index contributed by atoms with van der Waals surface area (Å²) in [5.74, 6) is 0.313. The zero-order valence-electron chi connectivity index (χ0n) is 10.7. The molecule has 100 valence electrons. The number of hydrogen-bond donors (Lipinski definition) is 2. The lowest BCUT2D eigenvalue weighted by molar-refractivity contribution is -0.137. The van der Waals surface area contributed by atoms with Crippen molar-refractivity contribution in [2.45, 2.75) is 26.7 Å². The minimum Gasteiger partial charge on any atom is -0.481 e. The van der Waals surface area contributed by atoms with E-state index in [2.05, 4.69) is 15.3 Å². The van der Waals surface area contributed by atoms with E-state index in [0.717, 1.165) is 6.42 Å². The lowest BCUT2D eigenvalue weighted by Gasteiger charge is -2.11. The monoisotopic (exact) mass is 253 g/mol. The van der Waals surface area contributed by atoms with E-state index in [-0.39, 0.29) is 12.3 Å². The van der Waals surface area contributed by atoms with Gasteiger partial charge in [-0.2, -0.15) is 4.98 Å². The summed E-state index contributed by atoms with van der Waals surface area (Å²) in [7, 11) is 0. The van der Waals surface area contributed by atoms with Crippen molar-refractivity contribution < 1.29 is 14.6 Å². The van der Waals surface area contributed by atoms with Crippen molar-refractivity contribution in [3.63, 3.8) is 0 Å². The third-order valence-electron chi connectivity index (χ3n) is 2.22. The van der Waals surface area contributed by atoms with Gasteiger partial charge in [0.1, 0.15) is 5.82 Å². The van der Waals surface area contributed by atoms with Crippen LogP contribution in [0.25, 0.3) is 0 Å². The van der Waals surface area contributed by atoms with E-state index < -0.39 is 5.97 Å². The van der Waals surface area contributed by atoms with E-state index in [4.69, 9.17) is 9.84 Å². The highest BCUT2D eigenvalue weighted by atomic mass is 16.5. The van der Waals surface area contributed by atoms with Crippen LogP contribution in [0.1, 0.15) is 26.7 Å². The highest BCUT2D eigenvalue weighted by Crippen LogP contribution is 2.10. The molecule has 1 aromatic heterocycles. The molecule has 0 spiro atoms. The van der Waals surface area contributed by atoms with Crippen LogP contribution in [-0.4, -0.2) is 34.2 Å². The molecule has 1 rings (SSSR count). The third kappa shape index (κ3) is 5.47. The van der Waals surface area contributed by atoms with Crippen molar-refractivity contribution in [3.8, 4) is 5.88 Å². The van der Waals surface area contributed by atoms with Gasteiger partial charge in [0, 0.05) is 13.0 Å². The molecule has 6 nitrogen and oxygen atoms in total. The first-order valence-corrected chi connectivity index (χ1v) is 6.02. The van der Waals surface area contributed by atoms with Crippen LogP contribution in [0.15, 0.2) is 12.4 Å². The molecule has 0 radical (unpaired) electrons. The molecule has 1 atom stereocenters. The Morgan fingerprint density at radius 1 is 1.56 bits per heavy atom. The van der Waals surface area contributed by atoms with Crippen LogP contribution in [0.2, 0.25) is 0 Å². The second kappa shape index (κ2) is 7.47. The van der Waals surface area contributed by atoms with Gasteiger partial charge in [-0.3, -0.25) is 9.78 Å². The number of aromatic nitrogens is 2. The number of nitrogens with one attached hydrogen (secondary N) is 1. The molecule has 0 fully saturated rings. The summed E-state index contributed by atoms with van der Waals surface area (Å²) in [6, 6.07) is 0. The smallest absolute Gasteiger partial charge is 0.303 e. The van der Waals surface area contributed by atoms with Crippen molar-refractivity contribution in [3.05, 3.63) is 12.4 Å². The molecule has 0 bridgehead atoms. The molecule has 0 aliphatic rings. The molecular weight excluding hydrogens is 234 g/mol. The van der Waals surface area contributed by atoms with E-state index >= 15 is 0 Å². The molecule has 0 amide bonds. The van der Waals surface area contributed by atoms with E-state index in [1.165, 1.54) is 0 Å². The SMILES string of the molecule is CCCOc1cncc(NCC(C)CC(=O)O)n1. The lowest BCUT2D eigenvalue weighted by Crippen LogP contribution is -2.15. The molecule has 1 heterocycles. The van der Waals surface area contributed by atoms with Gasteiger partial charge in [0.15, 0.2) is 0 Å². The topological polar surface area (TPSA) is 84.3 Å². The second-order valence-corrected chi connectivity index (χ2v) is 4.17. The fraction of sp³-hybridized carbons (Fsp3) is 0.583. The molecule has 0 aromatic carbocycles. The average molecular weight is 253 g/mol. The Kier molecular flexibility index (Phi) is 5.90. The number of hydrogen-bond acceptors (Lipinski definition) is 5. The number of anilines is 1. The summed E-state index contributed by atoms with van der Waals surface area (Å²) < 4.78 is 5.36. The van der Waals surface area contributed by atoms with Gasteiger partial charge >= 0.3 is 5.97 Å². The van der Waals surface area contributed by atoms with Crippen molar-refractivity contribution in [1.29, 1.82) is 0 Å². The number of carbonyl (C=O) groups is 1. The van der Waals surface area contributed by atoms with Crippen LogP contribution in [-0.2, 0) is 4.79 Å². The molecule has 1 aromatic rings. The van der Waals surface area contributed by atoms with Gasteiger partial charge in [0.25, 0.3) is 0 Å². The summed E-state index contributed by atoms with van der Waals surface area (Å²) in [4.78, 5) is 18.7. The zero-order chi connectivity index (χ0) is 13.4. The molecule has 0 aliphatic heterocycles. The molecule has 0 saturated carbocycles. The molecule has 6 heteroatoms. The Bertz CT molecular complexity index is 385. The van der Waals surface area contributed by atoms with Crippen LogP contribution in [0.3, 0.4) is 0 Å².